The number of amides is 3. The SMILES string of the molecule is CC1=CN(C)C(=O)C(NC(=O)NC(CC(=O)O)c2cccc(Cc3ccc(Cl)cc3)c2)C1=O.[H-].[Na+]. The number of carbonyl (C=O) groups is 4. The zero-order valence-electron chi connectivity index (χ0n) is 20.2. The van der Waals surface area contributed by atoms with E-state index >= 15 is 0 Å². The molecule has 0 spiro atoms. The van der Waals surface area contributed by atoms with Crippen molar-refractivity contribution in [1.82, 2.24) is 15.5 Å². The van der Waals surface area contributed by atoms with Gasteiger partial charge in [0, 0.05) is 23.8 Å². The normalized spacial score (nSPS) is 16.3. The third-order valence-electron chi connectivity index (χ3n) is 5.27. The van der Waals surface area contributed by atoms with Crippen LogP contribution in [-0.4, -0.2) is 46.8 Å². The Morgan fingerprint density at radius 1 is 1.15 bits per heavy atom. The fourth-order valence-electron chi connectivity index (χ4n) is 3.60. The van der Waals surface area contributed by atoms with Gasteiger partial charge in [-0.3, -0.25) is 14.4 Å². The van der Waals surface area contributed by atoms with Gasteiger partial charge in [0.1, 0.15) is 0 Å². The summed E-state index contributed by atoms with van der Waals surface area (Å²) in [6.07, 6.45) is 1.63. The predicted octanol–water partition coefficient (Wildman–Crippen LogP) is 0.176. The summed E-state index contributed by atoms with van der Waals surface area (Å²) < 4.78 is 0. The Bertz CT molecular complexity index is 1130. The van der Waals surface area contributed by atoms with E-state index in [0.717, 1.165) is 11.1 Å². The van der Waals surface area contributed by atoms with Crippen LogP contribution >= 0.6 is 11.6 Å². The van der Waals surface area contributed by atoms with Crippen molar-refractivity contribution in [2.24, 2.45) is 0 Å². The first-order valence-electron chi connectivity index (χ1n) is 10.3. The smallest absolute Gasteiger partial charge is 1.00 e. The maximum absolute atomic E-state index is 12.6. The summed E-state index contributed by atoms with van der Waals surface area (Å²) >= 11 is 5.93. The fraction of sp³-hybridized carbons (Fsp3) is 0.250. The van der Waals surface area contributed by atoms with Gasteiger partial charge in [-0.2, -0.15) is 0 Å². The standard InChI is InChI=1S/C24H24ClN3O5.Na.H/c1-14-13-28(2)23(32)21(22(14)31)27-24(33)26-19(12-20(29)30)17-5-3-4-16(11-17)10-15-6-8-18(25)9-7-15;;/h3-9,11,13,19,21H,10,12H2,1-2H3,(H,29,30)(H2,26,27,33);;/q;+1;-1. The second kappa shape index (κ2) is 12.2. The molecule has 10 heteroatoms. The Kier molecular flexibility index (Phi) is 9.88. The molecule has 3 amide bonds. The summed E-state index contributed by atoms with van der Waals surface area (Å²) in [4.78, 5) is 49.9. The summed E-state index contributed by atoms with van der Waals surface area (Å²) in [7, 11) is 1.49. The van der Waals surface area contributed by atoms with Gasteiger partial charge >= 0.3 is 41.6 Å². The number of benzene rings is 2. The molecule has 3 rings (SSSR count). The van der Waals surface area contributed by atoms with Crippen molar-refractivity contribution in [1.29, 1.82) is 0 Å². The van der Waals surface area contributed by atoms with E-state index in [1.807, 2.05) is 24.3 Å². The third-order valence-corrected chi connectivity index (χ3v) is 5.52. The first-order chi connectivity index (χ1) is 15.6. The monoisotopic (exact) mass is 493 g/mol. The van der Waals surface area contributed by atoms with E-state index in [2.05, 4.69) is 10.6 Å². The van der Waals surface area contributed by atoms with Gasteiger partial charge in [-0.05, 0) is 42.2 Å². The van der Waals surface area contributed by atoms with Crippen LogP contribution in [0.1, 0.15) is 37.5 Å². The number of carbonyl (C=O) groups excluding carboxylic acids is 3. The number of aliphatic carboxylic acids is 1. The van der Waals surface area contributed by atoms with Gasteiger partial charge in [0.05, 0.1) is 12.5 Å². The Morgan fingerprint density at radius 3 is 2.47 bits per heavy atom. The molecule has 1 aliphatic rings. The fourth-order valence-corrected chi connectivity index (χ4v) is 3.73. The molecule has 0 radical (unpaired) electrons. The van der Waals surface area contributed by atoms with Gasteiger partial charge in [0.2, 0.25) is 0 Å². The molecular formula is C24H25ClN3NaO5. The number of carboxylic acids is 1. The maximum Gasteiger partial charge on any atom is 1.00 e. The number of nitrogens with one attached hydrogen (secondary N) is 2. The van der Waals surface area contributed by atoms with Crippen molar-refractivity contribution in [3.63, 3.8) is 0 Å². The average Bonchev–Trinajstić information content (AvgIpc) is 2.76. The predicted molar refractivity (Wildman–Crippen MR) is 124 cm³/mol. The number of carboxylic acid groups (broad SMARTS) is 1. The molecule has 0 saturated carbocycles. The number of halogens is 1. The van der Waals surface area contributed by atoms with Crippen LogP contribution in [0.15, 0.2) is 60.3 Å². The molecule has 0 bridgehead atoms. The van der Waals surface area contributed by atoms with E-state index in [9.17, 15) is 24.3 Å². The Balaban J connectivity index is 0.00000306. The van der Waals surface area contributed by atoms with Gasteiger partial charge < -0.3 is 22.1 Å². The van der Waals surface area contributed by atoms with E-state index in [-0.39, 0.29) is 37.4 Å². The van der Waals surface area contributed by atoms with Crippen molar-refractivity contribution in [2.45, 2.75) is 31.8 Å². The summed E-state index contributed by atoms with van der Waals surface area (Å²) in [6, 6.07) is 11.6. The van der Waals surface area contributed by atoms with Gasteiger partial charge in [-0.1, -0.05) is 48.0 Å². The van der Waals surface area contributed by atoms with Gasteiger partial charge in [-0.25, -0.2) is 4.79 Å². The summed E-state index contributed by atoms with van der Waals surface area (Å²) in [6.45, 7) is 1.55. The van der Waals surface area contributed by atoms with Crippen LogP contribution in [0.4, 0.5) is 4.79 Å². The number of Topliss-reactive ketones (excluding diaryl/α,β-unsaturated/α-hetero) is 1. The number of hydrogen-bond donors (Lipinski definition) is 3. The number of hydrogen-bond acceptors (Lipinski definition) is 4. The molecule has 1 heterocycles. The molecule has 0 saturated heterocycles. The Morgan fingerprint density at radius 2 is 1.82 bits per heavy atom. The molecular weight excluding hydrogens is 469 g/mol. The second-order valence-corrected chi connectivity index (χ2v) is 8.31. The Labute approximate surface area is 226 Å². The molecule has 0 fully saturated rings. The number of urea groups is 1. The van der Waals surface area contributed by atoms with Crippen molar-refractivity contribution < 1.29 is 55.3 Å². The second-order valence-electron chi connectivity index (χ2n) is 7.88. The Hall–Kier alpha value is -2.65. The van der Waals surface area contributed by atoms with Crippen molar-refractivity contribution in [3.8, 4) is 0 Å². The van der Waals surface area contributed by atoms with Gasteiger partial charge in [0.15, 0.2) is 11.8 Å². The molecule has 174 valence electrons. The molecule has 2 aromatic carbocycles. The van der Waals surface area contributed by atoms with Crippen LogP contribution in [0, 0.1) is 0 Å². The van der Waals surface area contributed by atoms with Crippen molar-refractivity contribution in [2.75, 3.05) is 7.05 Å². The summed E-state index contributed by atoms with van der Waals surface area (Å²) in [5, 5.41) is 15.0. The molecule has 8 nitrogen and oxygen atoms in total. The van der Waals surface area contributed by atoms with Crippen molar-refractivity contribution in [3.05, 3.63) is 82.0 Å². The van der Waals surface area contributed by atoms with Crippen LogP contribution in [0.5, 0.6) is 0 Å². The zero-order valence-corrected chi connectivity index (χ0v) is 21.9. The van der Waals surface area contributed by atoms with Gasteiger partial charge in [-0.15, -0.1) is 0 Å². The summed E-state index contributed by atoms with van der Waals surface area (Å²) in [5.41, 5.74) is 2.87. The number of ketones is 1. The van der Waals surface area contributed by atoms with E-state index in [1.165, 1.54) is 18.1 Å². The van der Waals surface area contributed by atoms with Crippen LogP contribution in [-0.2, 0) is 20.8 Å². The van der Waals surface area contributed by atoms with Crippen LogP contribution in [0.3, 0.4) is 0 Å². The molecule has 1 aliphatic heterocycles. The van der Waals surface area contributed by atoms with E-state index in [1.54, 1.807) is 31.2 Å². The summed E-state index contributed by atoms with van der Waals surface area (Å²) in [5.74, 6) is -2.18. The number of nitrogens with zero attached hydrogens (tertiary/aromatic N) is 1. The molecule has 0 aromatic heterocycles. The number of likely N-dealkylation sites (N-methyl/N-ethyl adjacent to an activating group) is 1. The largest absolute Gasteiger partial charge is 1.00 e. The first-order valence-corrected chi connectivity index (χ1v) is 10.6. The van der Waals surface area contributed by atoms with E-state index < -0.39 is 35.8 Å². The maximum atomic E-state index is 12.6. The van der Waals surface area contributed by atoms with Crippen LogP contribution in [0.2, 0.25) is 5.02 Å². The topological polar surface area (TPSA) is 116 Å². The molecule has 3 N–H and O–H groups in total. The number of rotatable bonds is 7. The van der Waals surface area contributed by atoms with E-state index in [4.69, 9.17) is 11.6 Å². The third kappa shape index (κ3) is 7.17. The molecule has 2 aromatic rings. The van der Waals surface area contributed by atoms with Crippen LogP contribution < -0.4 is 40.2 Å². The minimum Gasteiger partial charge on any atom is -1.00 e. The van der Waals surface area contributed by atoms with Crippen LogP contribution in [0.25, 0.3) is 0 Å². The first kappa shape index (κ1) is 27.6. The van der Waals surface area contributed by atoms with E-state index in [0.29, 0.717) is 22.6 Å². The minimum absolute atomic E-state index is 0. The quantitative estimate of drug-likeness (QED) is 0.376. The molecule has 2 unspecified atom stereocenters. The van der Waals surface area contributed by atoms with Gasteiger partial charge in [0.25, 0.3) is 5.91 Å². The zero-order chi connectivity index (χ0) is 24.1. The molecule has 34 heavy (non-hydrogen) atoms. The molecule has 0 aliphatic carbocycles. The minimum atomic E-state index is -1.36. The molecule has 2 atom stereocenters. The van der Waals surface area contributed by atoms with Crippen molar-refractivity contribution >= 4 is 35.3 Å². The average molecular weight is 494 g/mol.